The van der Waals surface area contributed by atoms with Crippen LogP contribution in [0.5, 0.6) is 0 Å². The fourth-order valence-corrected chi connectivity index (χ4v) is 4.25. The van der Waals surface area contributed by atoms with Gasteiger partial charge in [-0.05, 0) is 32.8 Å². The number of nitrogens with two attached hydrogens (primary N) is 1. The van der Waals surface area contributed by atoms with Crippen molar-refractivity contribution in [3.63, 3.8) is 0 Å². The predicted molar refractivity (Wildman–Crippen MR) is 123 cm³/mol. The van der Waals surface area contributed by atoms with E-state index in [0.29, 0.717) is 29.4 Å². The molecule has 5 rings (SSSR count). The van der Waals surface area contributed by atoms with Crippen LogP contribution in [-0.4, -0.2) is 48.4 Å². The minimum atomic E-state index is -0.278. The van der Waals surface area contributed by atoms with Gasteiger partial charge in [0.05, 0.1) is 11.7 Å². The quantitative estimate of drug-likeness (QED) is 0.494. The summed E-state index contributed by atoms with van der Waals surface area (Å²) in [5.41, 5.74) is 8.51. The average Bonchev–Trinajstić information content (AvgIpc) is 3.15. The minimum absolute atomic E-state index is 0.0784. The number of piperidine rings is 1. The van der Waals surface area contributed by atoms with E-state index >= 15 is 0 Å². The number of aryl methyl sites for hydroxylation is 1. The molecule has 2 N–H and O–H groups in total. The van der Waals surface area contributed by atoms with Crippen LogP contribution in [0, 0.1) is 18.9 Å². The van der Waals surface area contributed by atoms with Crippen molar-refractivity contribution < 1.29 is 0 Å². The van der Waals surface area contributed by atoms with Crippen LogP contribution in [0.15, 0.2) is 35.3 Å². The Morgan fingerprint density at radius 3 is 2.84 bits per heavy atom. The Kier molecular flexibility index (Phi) is 5.07. The minimum Gasteiger partial charge on any atom is -0.340 e. The van der Waals surface area contributed by atoms with E-state index in [-0.39, 0.29) is 18.1 Å². The molecular formula is C23H24N8O. The number of aromatic nitrogens is 6. The summed E-state index contributed by atoms with van der Waals surface area (Å²) in [6, 6.07) is 10.9. The predicted octanol–water partition coefficient (Wildman–Crippen LogP) is 1.65. The standard InChI is InChI=1S/C23H24N8O/c1-3-10-30-21-19(28-23(30)29-11-6-7-16(24)13-29)12-25-31(22(21)32)14-20-26-15(2)17-8-4-5-9-18(17)27-20/h4-5,8-9,12,16H,6-7,11,13-14,24H2,1-2H3/t16-/m1/s1. The summed E-state index contributed by atoms with van der Waals surface area (Å²) < 4.78 is 3.04. The SMILES string of the molecule is CC#Cn1c(N2CCC[C@@H](N)C2)nc2cnn(Cc3nc(C)c4ccccc4n3)c(=O)c21. The molecule has 9 heteroatoms. The molecule has 0 radical (unpaired) electrons. The number of para-hydroxylation sites is 1. The van der Waals surface area contributed by atoms with E-state index < -0.39 is 0 Å². The van der Waals surface area contributed by atoms with Crippen LogP contribution in [0.25, 0.3) is 21.9 Å². The molecule has 0 bridgehead atoms. The van der Waals surface area contributed by atoms with Gasteiger partial charge in [-0.25, -0.2) is 24.2 Å². The second-order valence-corrected chi connectivity index (χ2v) is 8.04. The van der Waals surface area contributed by atoms with Crippen molar-refractivity contribution in [2.24, 2.45) is 5.73 Å². The Labute approximate surface area is 184 Å². The molecule has 0 amide bonds. The van der Waals surface area contributed by atoms with E-state index in [9.17, 15) is 4.79 Å². The Morgan fingerprint density at radius 1 is 1.19 bits per heavy atom. The van der Waals surface area contributed by atoms with Crippen LogP contribution < -0.4 is 16.2 Å². The van der Waals surface area contributed by atoms with Crippen LogP contribution in [-0.2, 0) is 6.54 Å². The molecule has 1 fully saturated rings. The van der Waals surface area contributed by atoms with Crippen molar-refractivity contribution in [1.29, 1.82) is 0 Å². The van der Waals surface area contributed by atoms with E-state index in [0.717, 1.165) is 36.0 Å². The molecule has 1 saturated heterocycles. The zero-order chi connectivity index (χ0) is 22.2. The van der Waals surface area contributed by atoms with Gasteiger partial charge in [-0.2, -0.15) is 5.10 Å². The highest BCUT2D eigenvalue weighted by Gasteiger charge is 2.24. The maximum Gasteiger partial charge on any atom is 0.294 e. The zero-order valence-electron chi connectivity index (χ0n) is 18.1. The number of anilines is 1. The van der Waals surface area contributed by atoms with Crippen LogP contribution in [0.1, 0.15) is 31.3 Å². The van der Waals surface area contributed by atoms with Gasteiger partial charge in [0.25, 0.3) is 5.56 Å². The molecule has 9 nitrogen and oxygen atoms in total. The third-order valence-electron chi connectivity index (χ3n) is 5.74. The first-order valence-electron chi connectivity index (χ1n) is 10.7. The van der Waals surface area contributed by atoms with E-state index in [4.69, 9.17) is 5.73 Å². The second kappa shape index (κ2) is 8.05. The van der Waals surface area contributed by atoms with Gasteiger partial charge < -0.3 is 10.6 Å². The highest BCUT2D eigenvalue weighted by molar-refractivity contribution is 5.80. The lowest BCUT2D eigenvalue weighted by atomic mass is 10.1. The molecule has 1 aliphatic rings. The van der Waals surface area contributed by atoms with Crippen molar-refractivity contribution in [3.05, 3.63) is 52.3 Å². The van der Waals surface area contributed by atoms with Gasteiger partial charge in [0.1, 0.15) is 12.1 Å². The number of benzene rings is 1. The maximum absolute atomic E-state index is 13.4. The lowest BCUT2D eigenvalue weighted by Gasteiger charge is -2.31. The second-order valence-electron chi connectivity index (χ2n) is 8.04. The first-order chi connectivity index (χ1) is 15.5. The summed E-state index contributed by atoms with van der Waals surface area (Å²) in [6.07, 6.45) is 3.56. The molecule has 4 aromatic rings. The summed E-state index contributed by atoms with van der Waals surface area (Å²) in [5, 5.41) is 5.34. The summed E-state index contributed by atoms with van der Waals surface area (Å²) in [6.45, 7) is 5.35. The third-order valence-corrected chi connectivity index (χ3v) is 5.74. The first kappa shape index (κ1) is 20.2. The van der Waals surface area contributed by atoms with Crippen LogP contribution >= 0.6 is 0 Å². The average molecular weight is 429 g/mol. The van der Waals surface area contributed by atoms with E-state index in [1.54, 1.807) is 17.7 Å². The molecule has 0 unspecified atom stereocenters. The molecule has 0 saturated carbocycles. The molecule has 0 spiro atoms. The first-order valence-corrected chi connectivity index (χ1v) is 10.7. The van der Waals surface area contributed by atoms with Crippen LogP contribution in [0.2, 0.25) is 0 Å². The monoisotopic (exact) mass is 428 g/mol. The van der Waals surface area contributed by atoms with Crippen molar-refractivity contribution in [3.8, 4) is 12.0 Å². The molecule has 1 aromatic carbocycles. The lowest BCUT2D eigenvalue weighted by molar-refractivity contribution is 0.499. The molecule has 162 valence electrons. The van der Waals surface area contributed by atoms with Gasteiger partial charge in [0.2, 0.25) is 5.95 Å². The summed E-state index contributed by atoms with van der Waals surface area (Å²) in [5.74, 6) is 4.07. The summed E-state index contributed by atoms with van der Waals surface area (Å²) in [7, 11) is 0. The van der Waals surface area contributed by atoms with Crippen molar-refractivity contribution in [1.82, 2.24) is 29.3 Å². The number of hydrogen-bond acceptors (Lipinski definition) is 7. The number of hydrogen-bond donors (Lipinski definition) is 1. The van der Waals surface area contributed by atoms with Gasteiger partial charge >= 0.3 is 0 Å². The molecule has 3 aromatic heterocycles. The highest BCUT2D eigenvalue weighted by Crippen LogP contribution is 2.22. The van der Waals surface area contributed by atoms with Gasteiger partial charge in [-0.15, -0.1) is 0 Å². The zero-order valence-corrected chi connectivity index (χ0v) is 18.1. The number of imidazole rings is 1. The molecular weight excluding hydrogens is 404 g/mol. The van der Waals surface area contributed by atoms with Crippen LogP contribution in [0.3, 0.4) is 0 Å². The lowest BCUT2D eigenvalue weighted by Crippen LogP contribution is -2.43. The largest absolute Gasteiger partial charge is 0.340 e. The fraction of sp³-hybridized carbons (Fsp3) is 0.348. The molecule has 1 atom stereocenters. The number of rotatable bonds is 3. The molecule has 0 aliphatic carbocycles. The molecule has 1 aliphatic heterocycles. The van der Waals surface area contributed by atoms with E-state index in [1.165, 1.54) is 4.68 Å². The van der Waals surface area contributed by atoms with Gasteiger partial charge in [-0.3, -0.25) is 4.79 Å². The Morgan fingerprint density at radius 2 is 2.03 bits per heavy atom. The van der Waals surface area contributed by atoms with Crippen LogP contribution in [0.4, 0.5) is 5.95 Å². The Balaban J connectivity index is 1.60. The van der Waals surface area contributed by atoms with Crippen molar-refractivity contribution in [2.75, 3.05) is 18.0 Å². The highest BCUT2D eigenvalue weighted by atomic mass is 16.1. The normalized spacial score (nSPS) is 16.3. The molecule has 4 heterocycles. The smallest absolute Gasteiger partial charge is 0.294 e. The Bertz CT molecular complexity index is 1440. The van der Waals surface area contributed by atoms with Gasteiger partial charge in [0.15, 0.2) is 11.3 Å². The van der Waals surface area contributed by atoms with Gasteiger partial charge in [-0.1, -0.05) is 24.1 Å². The summed E-state index contributed by atoms with van der Waals surface area (Å²) in [4.78, 5) is 29.4. The summed E-state index contributed by atoms with van der Waals surface area (Å²) >= 11 is 0. The number of nitrogens with zero attached hydrogens (tertiary/aromatic N) is 7. The topological polar surface area (TPSA) is 108 Å². The van der Waals surface area contributed by atoms with E-state index in [2.05, 4.69) is 36.9 Å². The third kappa shape index (κ3) is 3.48. The fourth-order valence-electron chi connectivity index (χ4n) is 4.25. The van der Waals surface area contributed by atoms with Crippen molar-refractivity contribution >= 4 is 27.9 Å². The Hall–Kier alpha value is -3.77. The van der Waals surface area contributed by atoms with E-state index in [1.807, 2.05) is 31.2 Å². The number of fused-ring (bicyclic) bond motifs is 2. The maximum atomic E-state index is 13.4. The van der Waals surface area contributed by atoms with Crippen molar-refractivity contribution in [2.45, 2.75) is 39.3 Å². The molecule has 32 heavy (non-hydrogen) atoms. The van der Waals surface area contributed by atoms with Gasteiger partial charge in [0, 0.05) is 36.3 Å².